The maximum absolute atomic E-state index is 12.9. The molecule has 27 heavy (non-hydrogen) atoms. The molecule has 2 N–H and O–H groups in total. The van der Waals surface area contributed by atoms with Crippen molar-refractivity contribution in [2.45, 2.75) is 45.6 Å². The highest BCUT2D eigenvalue weighted by molar-refractivity contribution is 5.85. The first-order valence-corrected chi connectivity index (χ1v) is 9.26. The Morgan fingerprint density at radius 3 is 2.56 bits per heavy atom. The van der Waals surface area contributed by atoms with E-state index < -0.39 is 11.0 Å². The van der Waals surface area contributed by atoms with Crippen LogP contribution in [0.25, 0.3) is 0 Å². The van der Waals surface area contributed by atoms with Crippen molar-refractivity contribution in [3.8, 4) is 0 Å². The molecule has 1 aliphatic heterocycles. The Morgan fingerprint density at radius 1 is 1.41 bits per heavy atom. The third-order valence-electron chi connectivity index (χ3n) is 5.12. The Kier molecular flexibility index (Phi) is 8.98. The van der Waals surface area contributed by atoms with Crippen molar-refractivity contribution in [2.75, 3.05) is 32.0 Å². The van der Waals surface area contributed by atoms with Gasteiger partial charge in [0.1, 0.15) is 11.7 Å². The summed E-state index contributed by atoms with van der Waals surface area (Å²) < 4.78 is 1.44. The van der Waals surface area contributed by atoms with Gasteiger partial charge in [-0.15, -0.1) is 12.4 Å². The number of rotatable bonds is 8. The highest BCUT2D eigenvalue weighted by Crippen LogP contribution is 2.29. The van der Waals surface area contributed by atoms with Gasteiger partial charge in [0, 0.05) is 20.1 Å². The third-order valence-corrected chi connectivity index (χ3v) is 5.12. The number of carbonyl (C=O) groups is 1. The number of anilines is 1. The fourth-order valence-corrected chi connectivity index (χ4v) is 3.54. The third kappa shape index (κ3) is 5.55. The van der Waals surface area contributed by atoms with Gasteiger partial charge < -0.3 is 15.5 Å². The molecule has 9 nitrogen and oxygen atoms in total. The minimum Gasteiger partial charge on any atom is -0.353 e. The number of piperidine rings is 1. The van der Waals surface area contributed by atoms with Crippen LogP contribution < -0.4 is 10.6 Å². The second-order valence-electron chi connectivity index (χ2n) is 6.93. The summed E-state index contributed by atoms with van der Waals surface area (Å²) in [7, 11) is 3.60. The lowest BCUT2D eigenvalue weighted by atomic mass is 9.93. The summed E-state index contributed by atoms with van der Waals surface area (Å²) in [6.07, 6.45) is 3.71. The zero-order valence-corrected chi connectivity index (χ0v) is 17.3. The fraction of sp³-hybridized carbons (Fsp3) is 0.765. The molecule has 1 fully saturated rings. The molecule has 1 atom stereocenters. The van der Waals surface area contributed by atoms with Crippen molar-refractivity contribution < 1.29 is 9.72 Å². The Bertz CT molecular complexity index is 643. The monoisotopic (exact) mass is 402 g/mol. The molecule has 0 aliphatic carbocycles. The summed E-state index contributed by atoms with van der Waals surface area (Å²) in [5.41, 5.74) is 0.275. The molecular formula is C17H31ClN6O3. The molecule has 0 bridgehead atoms. The standard InChI is InChI=1S/C17H30N6O3.ClH/c1-5-14(19-16-15(23(25)26)12(2)20-21(16)4)17(24)22-10-7-13(8-11-22)6-9-18-3;/h13-14,18-19H,5-11H2,1-4H3;1H. The maximum atomic E-state index is 12.9. The number of halogens is 1. The number of aromatic nitrogens is 2. The Morgan fingerprint density at radius 2 is 2.04 bits per heavy atom. The second-order valence-corrected chi connectivity index (χ2v) is 6.93. The van der Waals surface area contributed by atoms with E-state index in [4.69, 9.17) is 0 Å². The van der Waals surface area contributed by atoms with Gasteiger partial charge >= 0.3 is 5.69 Å². The van der Waals surface area contributed by atoms with Crippen molar-refractivity contribution in [3.63, 3.8) is 0 Å². The van der Waals surface area contributed by atoms with Gasteiger partial charge in [-0.05, 0) is 52.1 Å². The fourth-order valence-electron chi connectivity index (χ4n) is 3.54. The molecule has 0 radical (unpaired) electrons. The number of nitrogens with one attached hydrogen (secondary N) is 2. The number of nitrogens with zero attached hydrogens (tertiary/aromatic N) is 4. The predicted octanol–water partition coefficient (Wildman–Crippen LogP) is 2.10. The first-order valence-electron chi connectivity index (χ1n) is 9.26. The Balaban J connectivity index is 0.00000364. The van der Waals surface area contributed by atoms with E-state index >= 15 is 0 Å². The minimum absolute atomic E-state index is 0. The van der Waals surface area contributed by atoms with E-state index in [9.17, 15) is 14.9 Å². The first-order chi connectivity index (χ1) is 12.4. The molecule has 0 spiro atoms. The van der Waals surface area contributed by atoms with Crippen LogP contribution in [0.4, 0.5) is 11.5 Å². The van der Waals surface area contributed by atoms with Crippen LogP contribution in [-0.4, -0.2) is 58.2 Å². The molecule has 10 heteroatoms. The van der Waals surface area contributed by atoms with Crippen LogP contribution in [0.1, 0.15) is 38.3 Å². The molecule has 154 valence electrons. The quantitative estimate of drug-likeness (QED) is 0.509. The molecule has 1 unspecified atom stereocenters. The molecule has 0 aromatic carbocycles. The number of nitro groups is 1. The normalized spacial score (nSPS) is 15.9. The van der Waals surface area contributed by atoms with Gasteiger partial charge in [0.25, 0.3) is 0 Å². The summed E-state index contributed by atoms with van der Waals surface area (Å²) in [5.74, 6) is 0.949. The topological polar surface area (TPSA) is 105 Å². The van der Waals surface area contributed by atoms with Crippen LogP contribution in [0.15, 0.2) is 0 Å². The van der Waals surface area contributed by atoms with Crippen molar-refractivity contribution in [1.29, 1.82) is 0 Å². The summed E-state index contributed by atoms with van der Waals surface area (Å²) >= 11 is 0. The van der Waals surface area contributed by atoms with E-state index in [2.05, 4.69) is 15.7 Å². The Labute approximate surface area is 166 Å². The van der Waals surface area contributed by atoms with Crippen LogP contribution >= 0.6 is 12.4 Å². The number of hydrogen-bond acceptors (Lipinski definition) is 6. The first kappa shape index (κ1) is 23.2. The van der Waals surface area contributed by atoms with Crippen LogP contribution in [0.5, 0.6) is 0 Å². The van der Waals surface area contributed by atoms with Crippen LogP contribution in [-0.2, 0) is 11.8 Å². The van der Waals surface area contributed by atoms with Gasteiger partial charge in [-0.2, -0.15) is 5.10 Å². The molecule has 0 saturated carbocycles. The molecule has 1 amide bonds. The largest absolute Gasteiger partial charge is 0.353 e. The van der Waals surface area contributed by atoms with Crippen molar-refractivity contribution in [1.82, 2.24) is 20.0 Å². The SMILES string of the molecule is CCC(Nc1c([N+](=O)[O-])c(C)nn1C)C(=O)N1CCC(CCNC)CC1.Cl. The predicted molar refractivity (Wildman–Crippen MR) is 107 cm³/mol. The number of hydrogen-bond donors (Lipinski definition) is 2. The van der Waals surface area contributed by atoms with Gasteiger partial charge in [-0.25, -0.2) is 4.68 Å². The number of amides is 1. The molecule has 1 aromatic rings. The van der Waals surface area contributed by atoms with Crippen molar-refractivity contribution in [3.05, 3.63) is 15.8 Å². The maximum Gasteiger partial charge on any atom is 0.333 e. The van der Waals surface area contributed by atoms with Gasteiger partial charge in [0.05, 0.1) is 4.92 Å². The highest BCUT2D eigenvalue weighted by atomic mass is 35.5. The zero-order chi connectivity index (χ0) is 19.3. The molecule has 1 saturated heterocycles. The summed E-state index contributed by atoms with van der Waals surface area (Å²) in [5, 5.41) is 21.7. The lowest BCUT2D eigenvalue weighted by Gasteiger charge is -2.34. The molecular weight excluding hydrogens is 372 g/mol. The van der Waals surface area contributed by atoms with Crippen LogP contribution in [0.3, 0.4) is 0 Å². The van der Waals surface area contributed by atoms with E-state index in [0.29, 0.717) is 18.0 Å². The average molecular weight is 403 g/mol. The summed E-state index contributed by atoms with van der Waals surface area (Å²) in [6.45, 7) is 6.00. The number of likely N-dealkylation sites (tertiary alicyclic amines) is 1. The lowest BCUT2D eigenvalue weighted by molar-refractivity contribution is -0.384. The van der Waals surface area contributed by atoms with Crippen molar-refractivity contribution in [2.24, 2.45) is 13.0 Å². The average Bonchev–Trinajstić information content (AvgIpc) is 2.90. The van der Waals surface area contributed by atoms with Gasteiger partial charge in [-0.1, -0.05) is 6.92 Å². The van der Waals surface area contributed by atoms with Crippen LogP contribution in [0, 0.1) is 23.0 Å². The van der Waals surface area contributed by atoms with Crippen LogP contribution in [0.2, 0.25) is 0 Å². The van der Waals surface area contributed by atoms with Gasteiger partial charge in [0.15, 0.2) is 0 Å². The minimum atomic E-state index is -0.489. The smallest absolute Gasteiger partial charge is 0.333 e. The van der Waals surface area contributed by atoms with Gasteiger partial charge in [-0.3, -0.25) is 14.9 Å². The zero-order valence-electron chi connectivity index (χ0n) is 16.5. The second kappa shape index (κ2) is 10.5. The van der Waals surface area contributed by atoms with E-state index in [0.717, 1.165) is 38.9 Å². The summed E-state index contributed by atoms with van der Waals surface area (Å²) in [6, 6.07) is -0.489. The number of carbonyl (C=O) groups excluding carboxylic acids is 1. The molecule has 1 aliphatic rings. The number of aryl methyl sites for hydroxylation is 2. The lowest BCUT2D eigenvalue weighted by Crippen LogP contribution is -2.46. The molecule has 2 rings (SSSR count). The van der Waals surface area contributed by atoms with E-state index in [1.165, 1.54) is 4.68 Å². The summed E-state index contributed by atoms with van der Waals surface area (Å²) in [4.78, 5) is 25.7. The molecule has 2 heterocycles. The molecule has 1 aromatic heterocycles. The van der Waals surface area contributed by atoms with Crippen molar-refractivity contribution >= 4 is 29.8 Å². The van der Waals surface area contributed by atoms with Gasteiger partial charge in [0.2, 0.25) is 11.7 Å². The van der Waals surface area contributed by atoms with E-state index in [1.54, 1.807) is 14.0 Å². The Hall–Kier alpha value is -1.87. The highest BCUT2D eigenvalue weighted by Gasteiger charge is 2.31. The van der Waals surface area contributed by atoms with E-state index in [1.807, 2.05) is 18.9 Å². The van der Waals surface area contributed by atoms with E-state index in [-0.39, 0.29) is 29.8 Å².